The maximum absolute atomic E-state index is 12.4. The predicted molar refractivity (Wildman–Crippen MR) is 71.8 cm³/mol. The summed E-state index contributed by atoms with van der Waals surface area (Å²) >= 11 is 0. The highest BCUT2D eigenvalue weighted by Crippen LogP contribution is 2.23. The van der Waals surface area contributed by atoms with Gasteiger partial charge in [0.15, 0.2) is 0 Å². The molecule has 5 heteroatoms. The highest BCUT2D eigenvalue weighted by atomic mass is 16.4. The molecule has 0 aromatic heterocycles. The monoisotopic (exact) mass is 268 g/mol. The number of rotatable bonds is 4. The molecule has 0 aromatic carbocycles. The van der Waals surface area contributed by atoms with Gasteiger partial charge in [0, 0.05) is 26.2 Å². The van der Waals surface area contributed by atoms with Crippen molar-refractivity contribution < 1.29 is 14.7 Å². The Hall–Kier alpha value is -1.10. The molecule has 0 saturated carbocycles. The summed E-state index contributed by atoms with van der Waals surface area (Å²) in [6, 6.07) is -0.0943. The molecule has 2 rings (SSSR count). The average Bonchev–Trinajstić information content (AvgIpc) is 2.60. The molecule has 0 aromatic rings. The number of carbonyl (C=O) groups excluding carboxylic acids is 1. The van der Waals surface area contributed by atoms with Crippen molar-refractivity contribution >= 4 is 11.9 Å². The van der Waals surface area contributed by atoms with Crippen LogP contribution in [0.1, 0.15) is 39.0 Å². The van der Waals surface area contributed by atoms with Crippen LogP contribution in [0.15, 0.2) is 0 Å². The fourth-order valence-corrected chi connectivity index (χ4v) is 3.01. The van der Waals surface area contributed by atoms with Gasteiger partial charge in [0.2, 0.25) is 5.91 Å². The number of hydrogen-bond acceptors (Lipinski definition) is 3. The quantitative estimate of drug-likeness (QED) is 0.832. The zero-order valence-corrected chi connectivity index (χ0v) is 11.7. The molecule has 2 aliphatic heterocycles. The Kier molecular flexibility index (Phi) is 4.80. The Morgan fingerprint density at radius 3 is 2.26 bits per heavy atom. The number of aliphatic carboxylic acids is 1. The third-order valence-corrected chi connectivity index (χ3v) is 4.27. The van der Waals surface area contributed by atoms with Gasteiger partial charge in [0.05, 0.1) is 12.5 Å². The minimum atomic E-state index is -0.740. The molecule has 1 atom stereocenters. The van der Waals surface area contributed by atoms with E-state index in [9.17, 15) is 9.59 Å². The van der Waals surface area contributed by atoms with Crippen LogP contribution in [0.5, 0.6) is 0 Å². The Labute approximate surface area is 114 Å². The molecule has 108 valence electrons. The summed E-state index contributed by atoms with van der Waals surface area (Å²) in [5.74, 6) is -0.302. The largest absolute Gasteiger partial charge is 0.481 e. The van der Waals surface area contributed by atoms with Crippen molar-refractivity contribution in [3.05, 3.63) is 0 Å². The van der Waals surface area contributed by atoms with Crippen molar-refractivity contribution in [2.75, 3.05) is 26.2 Å². The van der Waals surface area contributed by atoms with Crippen molar-refractivity contribution in [2.24, 2.45) is 5.92 Å². The summed E-state index contributed by atoms with van der Waals surface area (Å²) in [4.78, 5) is 27.1. The van der Waals surface area contributed by atoms with Gasteiger partial charge in [-0.05, 0) is 25.7 Å². The maximum atomic E-state index is 12.4. The lowest BCUT2D eigenvalue weighted by Gasteiger charge is -2.43. The minimum Gasteiger partial charge on any atom is -0.481 e. The molecule has 0 aliphatic carbocycles. The normalized spacial score (nSPS) is 23.5. The van der Waals surface area contributed by atoms with Gasteiger partial charge >= 0.3 is 5.97 Å². The van der Waals surface area contributed by atoms with Gasteiger partial charge in [-0.2, -0.15) is 0 Å². The fourth-order valence-electron chi connectivity index (χ4n) is 3.01. The molecule has 2 aliphatic rings. The molecule has 1 N–H and O–H groups in total. The van der Waals surface area contributed by atoms with E-state index in [0.717, 1.165) is 39.0 Å². The van der Waals surface area contributed by atoms with E-state index in [1.54, 1.807) is 0 Å². The topological polar surface area (TPSA) is 60.9 Å². The third kappa shape index (κ3) is 3.69. The third-order valence-electron chi connectivity index (χ3n) is 4.27. The maximum Gasteiger partial charge on any atom is 0.303 e. The first-order chi connectivity index (χ1) is 9.08. The van der Waals surface area contributed by atoms with Crippen molar-refractivity contribution in [3.8, 4) is 0 Å². The molecular formula is C14H24N2O3. The molecule has 2 saturated heterocycles. The zero-order chi connectivity index (χ0) is 13.8. The summed E-state index contributed by atoms with van der Waals surface area (Å²) in [6.45, 7) is 5.20. The Morgan fingerprint density at radius 2 is 1.74 bits per heavy atom. The lowest BCUT2D eigenvalue weighted by atomic mass is 9.94. The number of likely N-dealkylation sites (tertiary alicyclic amines) is 2. The van der Waals surface area contributed by atoms with Crippen LogP contribution in [0, 0.1) is 5.92 Å². The Morgan fingerprint density at radius 1 is 1.16 bits per heavy atom. The lowest BCUT2D eigenvalue weighted by molar-refractivity contribution is -0.142. The van der Waals surface area contributed by atoms with Gasteiger partial charge in [-0.1, -0.05) is 12.8 Å². The summed E-state index contributed by atoms with van der Waals surface area (Å²) in [5.41, 5.74) is 0. The van der Waals surface area contributed by atoms with E-state index in [0.29, 0.717) is 0 Å². The number of hydrogen-bond donors (Lipinski definition) is 1. The van der Waals surface area contributed by atoms with Gasteiger partial charge in [-0.15, -0.1) is 0 Å². The number of carbonyl (C=O) groups is 2. The standard InChI is InChI=1S/C14H24N2O3/c1-11(16-9-12(10-16)8-13(17)18)14(19)15-6-4-2-3-5-7-15/h11-12H,2-10H2,1H3,(H,17,18). The van der Waals surface area contributed by atoms with Crippen molar-refractivity contribution in [1.82, 2.24) is 9.80 Å². The van der Waals surface area contributed by atoms with E-state index in [-0.39, 0.29) is 24.3 Å². The summed E-state index contributed by atoms with van der Waals surface area (Å²) in [5, 5.41) is 8.72. The molecule has 5 nitrogen and oxygen atoms in total. The highest BCUT2D eigenvalue weighted by Gasteiger charge is 2.36. The average molecular weight is 268 g/mol. The summed E-state index contributed by atoms with van der Waals surface area (Å²) in [6.07, 6.45) is 4.90. The second-order valence-electron chi connectivity index (χ2n) is 5.83. The van der Waals surface area contributed by atoms with Crippen molar-refractivity contribution in [1.29, 1.82) is 0 Å². The first-order valence-corrected chi connectivity index (χ1v) is 7.32. The molecule has 1 amide bonds. The molecule has 2 heterocycles. The molecular weight excluding hydrogens is 244 g/mol. The molecule has 0 bridgehead atoms. The number of amides is 1. The van der Waals surface area contributed by atoms with Gasteiger partial charge in [0.1, 0.15) is 0 Å². The van der Waals surface area contributed by atoms with Crippen LogP contribution in [0.25, 0.3) is 0 Å². The fraction of sp³-hybridized carbons (Fsp3) is 0.857. The SMILES string of the molecule is CC(C(=O)N1CCCCCC1)N1CC(CC(=O)O)C1. The smallest absolute Gasteiger partial charge is 0.303 e. The van der Waals surface area contributed by atoms with E-state index in [1.807, 2.05) is 11.8 Å². The minimum absolute atomic E-state index is 0.0943. The highest BCUT2D eigenvalue weighted by molar-refractivity contribution is 5.81. The van der Waals surface area contributed by atoms with Gasteiger partial charge < -0.3 is 10.0 Å². The van der Waals surface area contributed by atoms with E-state index in [2.05, 4.69) is 4.90 Å². The first kappa shape index (κ1) is 14.3. The second-order valence-corrected chi connectivity index (χ2v) is 5.83. The van der Waals surface area contributed by atoms with Crippen molar-refractivity contribution in [3.63, 3.8) is 0 Å². The molecule has 0 radical (unpaired) electrons. The zero-order valence-electron chi connectivity index (χ0n) is 11.7. The van der Waals surface area contributed by atoms with Crippen LogP contribution < -0.4 is 0 Å². The van der Waals surface area contributed by atoms with E-state index >= 15 is 0 Å². The van der Waals surface area contributed by atoms with Crippen LogP contribution in [0.3, 0.4) is 0 Å². The molecule has 19 heavy (non-hydrogen) atoms. The second kappa shape index (κ2) is 6.37. The molecule has 0 spiro atoms. The van der Waals surface area contributed by atoms with E-state index in [4.69, 9.17) is 5.11 Å². The number of nitrogens with zero attached hydrogens (tertiary/aromatic N) is 2. The predicted octanol–water partition coefficient (Wildman–Crippen LogP) is 1.18. The van der Waals surface area contributed by atoms with Crippen LogP contribution in [-0.4, -0.2) is 59.0 Å². The van der Waals surface area contributed by atoms with E-state index < -0.39 is 5.97 Å². The van der Waals surface area contributed by atoms with Gasteiger partial charge in [-0.25, -0.2) is 0 Å². The van der Waals surface area contributed by atoms with Crippen LogP contribution >= 0.6 is 0 Å². The van der Waals surface area contributed by atoms with E-state index in [1.165, 1.54) is 12.8 Å². The Bertz CT molecular complexity index is 332. The Balaban J connectivity index is 1.78. The molecule has 1 unspecified atom stereocenters. The van der Waals surface area contributed by atoms with Crippen LogP contribution in [0.2, 0.25) is 0 Å². The first-order valence-electron chi connectivity index (χ1n) is 7.32. The number of carboxylic acids is 1. The summed E-state index contributed by atoms with van der Waals surface area (Å²) < 4.78 is 0. The lowest BCUT2D eigenvalue weighted by Crippen LogP contribution is -2.57. The van der Waals surface area contributed by atoms with Crippen molar-refractivity contribution in [2.45, 2.75) is 45.1 Å². The van der Waals surface area contributed by atoms with Crippen LogP contribution in [0.4, 0.5) is 0 Å². The van der Waals surface area contributed by atoms with Gasteiger partial charge in [0.25, 0.3) is 0 Å². The van der Waals surface area contributed by atoms with Gasteiger partial charge in [-0.3, -0.25) is 14.5 Å². The number of carboxylic acid groups (broad SMARTS) is 1. The molecule has 2 fully saturated rings. The van der Waals surface area contributed by atoms with Crippen LogP contribution in [-0.2, 0) is 9.59 Å². The summed E-state index contributed by atoms with van der Waals surface area (Å²) in [7, 11) is 0.